The zero-order valence-electron chi connectivity index (χ0n) is 11.3. The molecule has 1 aromatic rings. The normalized spacial score (nSPS) is 16.7. The molecule has 0 spiro atoms. The Morgan fingerprint density at radius 2 is 2.11 bits per heavy atom. The first-order valence-electron chi connectivity index (χ1n) is 6.68. The number of Topliss-reactive ketones (excluding diaryl/α,β-unsaturated/α-hetero) is 1. The molecule has 1 unspecified atom stereocenters. The summed E-state index contributed by atoms with van der Waals surface area (Å²) < 4.78 is 26.5. The molecule has 0 bridgehead atoms. The van der Waals surface area contributed by atoms with Crippen LogP contribution >= 0.6 is 0 Å². The van der Waals surface area contributed by atoms with Crippen LogP contribution in [0.5, 0.6) is 0 Å². The lowest BCUT2D eigenvalue weighted by Gasteiger charge is -2.24. The molecule has 0 N–H and O–H groups in total. The number of carbonyl (C=O) groups is 1. The molecule has 1 aliphatic carbocycles. The van der Waals surface area contributed by atoms with Gasteiger partial charge in [-0.3, -0.25) is 4.79 Å². The van der Waals surface area contributed by atoms with Gasteiger partial charge in [-0.15, -0.1) is 0 Å². The lowest BCUT2D eigenvalue weighted by molar-refractivity contribution is 0.0954. The van der Waals surface area contributed by atoms with Gasteiger partial charge in [-0.25, -0.2) is 8.78 Å². The molecule has 0 saturated heterocycles. The van der Waals surface area contributed by atoms with E-state index in [4.69, 9.17) is 0 Å². The SMILES string of the molecule is CC(C1CC1)N(C)CCC(=O)c1cccc(F)c1F. The van der Waals surface area contributed by atoms with Gasteiger partial charge < -0.3 is 4.90 Å². The summed E-state index contributed by atoms with van der Waals surface area (Å²) in [6, 6.07) is 4.17. The van der Waals surface area contributed by atoms with Crippen molar-refractivity contribution in [3.05, 3.63) is 35.4 Å². The van der Waals surface area contributed by atoms with E-state index >= 15 is 0 Å². The number of benzene rings is 1. The molecular weight excluding hydrogens is 248 g/mol. The van der Waals surface area contributed by atoms with Crippen molar-refractivity contribution in [1.82, 2.24) is 4.90 Å². The summed E-state index contributed by atoms with van der Waals surface area (Å²) >= 11 is 0. The fraction of sp³-hybridized carbons (Fsp3) is 0.533. The second-order valence-electron chi connectivity index (χ2n) is 5.33. The number of hydrogen-bond donors (Lipinski definition) is 0. The van der Waals surface area contributed by atoms with Gasteiger partial charge in [0.05, 0.1) is 5.56 Å². The second kappa shape index (κ2) is 5.78. The van der Waals surface area contributed by atoms with Crippen molar-refractivity contribution in [3.8, 4) is 0 Å². The van der Waals surface area contributed by atoms with Crippen molar-refractivity contribution in [1.29, 1.82) is 0 Å². The highest BCUT2D eigenvalue weighted by Crippen LogP contribution is 2.34. The molecule has 0 radical (unpaired) electrons. The van der Waals surface area contributed by atoms with Gasteiger partial charge in [0.2, 0.25) is 0 Å². The molecule has 1 aromatic carbocycles. The van der Waals surface area contributed by atoms with Gasteiger partial charge in [-0.1, -0.05) is 6.07 Å². The van der Waals surface area contributed by atoms with Crippen LogP contribution in [-0.2, 0) is 0 Å². The lowest BCUT2D eigenvalue weighted by Crippen LogP contribution is -2.32. The van der Waals surface area contributed by atoms with E-state index in [1.165, 1.54) is 25.0 Å². The Kier molecular flexibility index (Phi) is 4.30. The van der Waals surface area contributed by atoms with Gasteiger partial charge in [0, 0.05) is 19.0 Å². The van der Waals surface area contributed by atoms with Crippen molar-refractivity contribution >= 4 is 5.78 Å². The number of carbonyl (C=O) groups excluding carboxylic acids is 1. The van der Waals surface area contributed by atoms with Crippen LogP contribution < -0.4 is 0 Å². The molecule has 2 rings (SSSR count). The molecule has 0 amide bonds. The van der Waals surface area contributed by atoms with Crippen molar-refractivity contribution in [2.45, 2.75) is 32.2 Å². The maximum absolute atomic E-state index is 13.5. The molecule has 1 aliphatic rings. The first-order valence-corrected chi connectivity index (χ1v) is 6.68. The van der Waals surface area contributed by atoms with Gasteiger partial charge in [0.1, 0.15) is 0 Å². The van der Waals surface area contributed by atoms with E-state index in [0.717, 1.165) is 12.0 Å². The van der Waals surface area contributed by atoms with Crippen molar-refractivity contribution in [2.75, 3.05) is 13.6 Å². The van der Waals surface area contributed by atoms with Crippen LogP contribution in [0.4, 0.5) is 8.78 Å². The van der Waals surface area contributed by atoms with Crippen LogP contribution in [0, 0.1) is 17.6 Å². The van der Waals surface area contributed by atoms with E-state index < -0.39 is 11.6 Å². The number of hydrogen-bond acceptors (Lipinski definition) is 2. The molecule has 4 heteroatoms. The van der Waals surface area contributed by atoms with Crippen LogP contribution in [0.1, 0.15) is 36.5 Å². The molecule has 0 aromatic heterocycles. The van der Waals surface area contributed by atoms with Crippen LogP contribution in [0.3, 0.4) is 0 Å². The minimum Gasteiger partial charge on any atom is -0.303 e. The van der Waals surface area contributed by atoms with Gasteiger partial charge >= 0.3 is 0 Å². The third-order valence-electron chi connectivity index (χ3n) is 3.94. The van der Waals surface area contributed by atoms with E-state index in [1.54, 1.807) is 0 Å². The quantitative estimate of drug-likeness (QED) is 0.737. The Labute approximate surface area is 112 Å². The maximum atomic E-state index is 13.5. The third-order valence-corrected chi connectivity index (χ3v) is 3.94. The number of rotatable bonds is 6. The van der Waals surface area contributed by atoms with Crippen molar-refractivity contribution < 1.29 is 13.6 Å². The highest BCUT2D eigenvalue weighted by Gasteiger charge is 2.30. The Balaban J connectivity index is 1.92. The molecule has 0 heterocycles. The first-order chi connectivity index (χ1) is 9.00. The van der Waals surface area contributed by atoms with E-state index in [1.807, 2.05) is 7.05 Å². The average molecular weight is 267 g/mol. The highest BCUT2D eigenvalue weighted by atomic mass is 19.2. The summed E-state index contributed by atoms with van der Waals surface area (Å²) in [4.78, 5) is 14.0. The molecule has 2 nitrogen and oxygen atoms in total. The summed E-state index contributed by atoms with van der Waals surface area (Å²) in [5.74, 6) is -1.62. The van der Waals surface area contributed by atoms with E-state index in [9.17, 15) is 13.6 Å². The Bertz CT molecular complexity index is 471. The van der Waals surface area contributed by atoms with Gasteiger partial charge in [0.15, 0.2) is 17.4 Å². The topological polar surface area (TPSA) is 20.3 Å². The predicted octanol–water partition coefficient (Wildman–Crippen LogP) is 3.27. The fourth-order valence-corrected chi connectivity index (χ4v) is 2.27. The molecule has 19 heavy (non-hydrogen) atoms. The number of halogens is 2. The smallest absolute Gasteiger partial charge is 0.169 e. The van der Waals surface area contributed by atoms with E-state index in [-0.39, 0.29) is 17.8 Å². The largest absolute Gasteiger partial charge is 0.303 e. The molecule has 0 aliphatic heterocycles. The van der Waals surface area contributed by atoms with Gasteiger partial charge in [0.25, 0.3) is 0 Å². The summed E-state index contributed by atoms with van der Waals surface area (Å²) in [6.45, 7) is 2.72. The summed E-state index contributed by atoms with van der Waals surface area (Å²) in [5.41, 5.74) is -0.146. The molecular formula is C15H19F2NO. The predicted molar refractivity (Wildman–Crippen MR) is 70.1 cm³/mol. The zero-order valence-corrected chi connectivity index (χ0v) is 11.3. The summed E-state index contributed by atoms with van der Waals surface area (Å²) in [7, 11) is 1.97. The average Bonchev–Trinajstić information content (AvgIpc) is 3.22. The van der Waals surface area contributed by atoms with E-state index in [0.29, 0.717) is 12.6 Å². The monoisotopic (exact) mass is 267 g/mol. The zero-order chi connectivity index (χ0) is 14.0. The van der Waals surface area contributed by atoms with Crippen LogP contribution in [0.2, 0.25) is 0 Å². The minimum absolute atomic E-state index is 0.146. The van der Waals surface area contributed by atoms with Crippen molar-refractivity contribution in [3.63, 3.8) is 0 Å². The minimum atomic E-state index is -1.04. The van der Waals surface area contributed by atoms with Gasteiger partial charge in [-0.2, -0.15) is 0 Å². The Morgan fingerprint density at radius 1 is 1.42 bits per heavy atom. The standard InChI is InChI=1S/C15H19F2NO/c1-10(11-6-7-11)18(2)9-8-14(19)12-4-3-5-13(16)15(12)17/h3-5,10-11H,6-9H2,1-2H3. The Morgan fingerprint density at radius 3 is 2.74 bits per heavy atom. The van der Waals surface area contributed by atoms with E-state index in [2.05, 4.69) is 11.8 Å². The number of ketones is 1. The van der Waals surface area contributed by atoms with Crippen LogP contribution in [0.25, 0.3) is 0 Å². The fourth-order valence-electron chi connectivity index (χ4n) is 2.27. The lowest BCUT2D eigenvalue weighted by atomic mass is 10.1. The molecule has 1 fully saturated rings. The highest BCUT2D eigenvalue weighted by molar-refractivity contribution is 5.96. The number of nitrogens with zero attached hydrogens (tertiary/aromatic N) is 1. The molecule has 1 saturated carbocycles. The van der Waals surface area contributed by atoms with Crippen molar-refractivity contribution in [2.24, 2.45) is 5.92 Å². The Hall–Kier alpha value is -1.29. The molecule has 1 atom stereocenters. The summed E-state index contributed by atoms with van der Waals surface area (Å²) in [5, 5.41) is 0. The molecule has 104 valence electrons. The third kappa shape index (κ3) is 3.38. The maximum Gasteiger partial charge on any atom is 0.169 e. The first kappa shape index (κ1) is 14.1. The van der Waals surface area contributed by atoms with Crippen LogP contribution in [0.15, 0.2) is 18.2 Å². The van der Waals surface area contributed by atoms with Gasteiger partial charge in [-0.05, 0) is 44.9 Å². The second-order valence-corrected chi connectivity index (χ2v) is 5.33. The van der Waals surface area contributed by atoms with Crippen LogP contribution in [-0.4, -0.2) is 30.3 Å². The summed E-state index contributed by atoms with van der Waals surface area (Å²) in [6.07, 6.45) is 2.71.